The maximum absolute atomic E-state index is 13.0. The van der Waals surface area contributed by atoms with Crippen LogP contribution in [0.3, 0.4) is 0 Å². The lowest BCUT2D eigenvalue weighted by atomic mass is 10.1. The molecule has 4 nitrogen and oxygen atoms in total. The Morgan fingerprint density at radius 1 is 0.960 bits per heavy atom. The smallest absolute Gasteiger partial charge is 0.262 e. The Kier molecular flexibility index (Phi) is 3.73. The lowest BCUT2D eigenvalue weighted by molar-refractivity contribution is 0.0993. The molecule has 4 rings (SSSR count). The predicted molar refractivity (Wildman–Crippen MR) is 99.8 cm³/mol. The summed E-state index contributed by atoms with van der Waals surface area (Å²) in [5.74, 6) is -0.0296. The van der Waals surface area contributed by atoms with Crippen LogP contribution in [0.1, 0.15) is 33.3 Å². The molecule has 1 atom stereocenters. The molecule has 0 aliphatic carbocycles. The van der Waals surface area contributed by atoms with Gasteiger partial charge in [-0.15, -0.1) is 0 Å². The average Bonchev–Trinajstić information content (AvgIpc) is 2.90. The number of hydrogen-bond acceptors (Lipinski definition) is 3. The molecule has 2 heterocycles. The van der Waals surface area contributed by atoms with E-state index in [0.717, 1.165) is 28.2 Å². The number of rotatable bonds is 3. The van der Waals surface area contributed by atoms with E-state index in [9.17, 15) is 4.79 Å². The molecule has 0 radical (unpaired) electrons. The highest BCUT2D eigenvalue weighted by atomic mass is 16.2. The van der Waals surface area contributed by atoms with E-state index in [2.05, 4.69) is 23.3 Å². The van der Waals surface area contributed by atoms with Crippen LogP contribution in [0.4, 0.5) is 11.4 Å². The maximum Gasteiger partial charge on any atom is 0.262 e. The number of fused-ring (bicyclic) bond motifs is 1. The van der Waals surface area contributed by atoms with Gasteiger partial charge in [-0.2, -0.15) is 0 Å². The van der Waals surface area contributed by atoms with E-state index in [-0.39, 0.29) is 12.1 Å². The minimum Gasteiger partial charge on any atom is -0.360 e. The third kappa shape index (κ3) is 2.66. The minimum absolute atomic E-state index is 0.0296. The fourth-order valence-electron chi connectivity index (χ4n) is 3.17. The molecular formula is C21H19N3O. The van der Waals surface area contributed by atoms with Crippen molar-refractivity contribution < 1.29 is 4.79 Å². The van der Waals surface area contributed by atoms with Crippen LogP contribution in [0, 0.1) is 13.8 Å². The Bertz CT molecular complexity index is 934. The van der Waals surface area contributed by atoms with Gasteiger partial charge in [0.2, 0.25) is 0 Å². The molecule has 0 spiro atoms. The Morgan fingerprint density at radius 3 is 2.48 bits per heavy atom. The van der Waals surface area contributed by atoms with E-state index in [1.54, 1.807) is 17.2 Å². The first-order valence-electron chi connectivity index (χ1n) is 8.32. The number of carbonyl (C=O) groups is 1. The van der Waals surface area contributed by atoms with Crippen LogP contribution >= 0.6 is 0 Å². The van der Waals surface area contributed by atoms with Crippen LogP contribution in [0.2, 0.25) is 0 Å². The molecule has 3 aromatic rings. The third-order valence-corrected chi connectivity index (χ3v) is 4.55. The van der Waals surface area contributed by atoms with Crippen molar-refractivity contribution in [2.24, 2.45) is 0 Å². The van der Waals surface area contributed by atoms with E-state index in [4.69, 9.17) is 0 Å². The van der Waals surface area contributed by atoms with Crippen molar-refractivity contribution in [1.29, 1.82) is 0 Å². The van der Waals surface area contributed by atoms with Crippen molar-refractivity contribution in [2.45, 2.75) is 20.0 Å². The van der Waals surface area contributed by atoms with Crippen LogP contribution in [-0.4, -0.2) is 10.9 Å². The molecule has 1 N–H and O–H groups in total. The number of anilines is 2. The molecular weight excluding hydrogens is 310 g/mol. The molecule has 0 fully saturated rings. The van der Waals surface area contributed by atoms with Gasteiger partial charge in [-0.05, 0) is 49.7 Å². The van der Waals surface area contributed by atoms with Gasteiger partial charge < -0.3 is 5.32 Å². The van der Waals surface area contributed by atoms with Crippen molar-refractivity contribution in [3.8, 4) is 0 Å². The molecule has 124 valence electrons. The Morgan fingerprint density at radius 2 is 1.72 bits per heavy atom. The molecule has 1 aliphatic rings. The summed E-state index contributed by atoms with van der Waals surface area (Å²) in [6.07, 6.45) is 1.41. The number of benzene rings is 2. The topological polar surface area (TPSA) is 45.2 Å². The lowest BCUT2D eigenvalue weighted by Gasteiger charge is -2.27. The maximum atomic E-state index is 13.0. The zero-order chi connectivity index (χ0) is 17.4. The monoisotopic (exact) mass is 329 g/mol. The molecule has 0 bridgehead atoms. The van der Waals surface area contributed by atoms with Crippen molar-refractivity contribution in [1.82, 2.24) is 4.98 Å². The van der Waals surface area contributed by atoms with Gasteiger partial charge >= 0.3 is 0 Å². The highest BCUT2D eigenvalue weighted by Gasteiger charge is 2.39. The molecule has 2 aromatic carbocycles. The predicted octanol–water partition coefficient (Wildman–Crippen LogP) is 4.47. The van der Waals surface area contributed by atoms with Crippen LogP contribution in [0.15, 0.2) is 66.9 Å². The first-order chi connectivity index (χ1) is 12.1. The van der Waals surface area contributed by atoms with Gasteiger partial charge in [-0.25, -0.2) is 0 Å². The number of aromatic nitrogens is 1. The molecule has 0 saturated carbocycles. The Hall–Kier alpha value is -3.14. The Balaban J connectivity index is 1.80. The summed E-state index contributed by atoms with van der Waals surface area (Å²) in [5.41, 5.74) is 5.55. The van der Waals surface area contributed by atoms with E-state index in [0.29, 0.717) is 5.56 Å². The molecule has 25 heavy (non-hydrogen) atoms. The van der Waals surface area contributed by atoms with Crippen molar-refractivity contribution in [2.75, 3.05) is 10.2 Å². The van der Waals surface area contributed by atoms with Gasteiger partial charge in [0.1, 0.15) is 0 Å². The zero-order valence-corrected chi connectivity index (χ0v) is 14.2. The number of carbonyl (C=O) groups excluding carboxylic acids is 1. The standard InChI is InChI=1S/C21H19N3O/c1-14-9-11-16(12-10-14)24-20(23-18-8-4-3-6-15(18)2)19-17(21(24)25)7-5-13-22-19/h3-13,20,23H,1-2H3/t20-/m0/s1. The number of nitrogens with zero attached hydrogens (tertiary/aromatic N) is 2. The molecule has 0 saturated heterocycles. The minimum atomic E-state index is -0.326. The fourth-order valence-corrected chi connectivity index (χ4v) is 3.17. The molecule has 1 amide bonds. The summed E-state index contributed by atoms with van der Waals surface area (Å²) >= 11 is 0. The zero-order valence-electron chi connectivity index (χ0n) is 14.2. The quantitative estimate of drug-likeness (QED) is 0.771. The van der Waals surface area contributed by atoms with Crippen LogP contribution in [0.5, 0.6) is 0 Å². The molecule has 4 heteroatoms. The van der Waals surface area contributed by atoms with Crippen molar-refractivity contribution in [3.63, 3.8) is 0 Å². The fraction of sp³-hybridized carbons (Fsp3) is 0.143. The van der Waals surface area contributed by atoms with Gasteiger partial charge in [0.15, 0.2) is 6.17 Å². The van der Waals surface area contributed by atoms with Crippen molar-refractivity contribution in [3.05, 3.63) is 89.2 Å². The molecule has 0 unspecified atom stereocenters. The van der Waals surface area contributed by atoms with Crippen LogP contribution in [-0.2, 0) is 0 Å². The number of nitrogens with one attached hydrogen (secondary N) is 1. The number of aryl methyl sites for hydroxylation is 2. The summed E-state index contributed by atoms with van der Waals surface area (Å²) in [6.45, 7) is 4.09. The number of pyridine rings is 1. The van der Waals surface area contributed by atoms with Crippen LogP contribution < -0.4 is 10.2 Å². The van der Waals surface area contributed by atoms with E-state index in [1.165, 1.54) is 0 Å². The first-order valence-corrected chi connectivity index (χ1v) is 8.32. The number of para-hydroxylation sites is 1. The summed E-state index contributed by atoms with van der Waals surface area (Å²) in [6, 6.07) is 19.7. The highest BCUT2D eigenvalue weighted by Crippen LogP contribution is 2.37. The largest absolute Gasteiger partial charge is 0.360 e. The van der Waals surface area contributed by atoms with Gasteiger partial charge in [0, 0.05) is 17.6 Å². The third-order valence-electron chi connectivity index (χ3n) is 4.55. The summed E-state index contributed by atoms with van der Waals surface area (Å²) in [7, 11) is 0. The summed E-state index contributed by atoms with van der Waals surface area (Å²) in [5, 5.41) is 3.50. The molecule has 1 aromatic heterocycles. The van der Waals surface area contributed by atoms with Crippen molar-refractivity contribution >= 4 is 17.3 Å². The van der Waals surface area contributed by atoms with E-state index in [1.807, 2.05) is 55.5 Å². The van der Waals surface area contributed by atoms with Crippen LogP contribution in [0.25, 0.3) is 0 Å². The number of amides is 1. The first kappa shape index (κ1) is 15.4. The highest BCUT2D eigenvalue weighted by molar-refractivity contribution is 6.11. The van der Waals surface area contributed by atoms with Gasteiger partial charge in [0.25, 0.3) is 5.91 Å². The second kappa shape index (κ2) is 6.06. The normalized spacial score (nSPS) is 16.0. The number of hydrogen-bond donors (Lipinski definition) is 1. The SMILES string of the molecule is Cc1ccc(N2C(=O)c3cccnc3[C@H]2Nc2ccccc2C)cc1. The molecule has 1 aliphatic heterocycles. The van der Waals surface area contributed by atoms with E-state index >= 15 is 0 Å². The van der Waals surface area contributed by atoms with Gasteiger partial charge in [0.05, 0.1) is 11.3 Å². The average molecular weight is 329 g/mol. The van der Waals surface area contributed by atoms with Gasteiger partial charge in [-0.1, -0.05) is 35.9 Å². The second-order valence-electron chi connectivity index (χ2n) is 6.31. The van der Waals surface area contributed by atoms with E-state index < -0.39 is 0 Å². The summed E-state index contributed by atoms with van der Waals surface area (Å²) in [4.78, 5) is 19.3. The second-order valence-corrected chi connectivity index (χ2v) is 6.31. The Labute approximate surface area is 147 Å². The lowest BCUT2D eigenvalue weighted by Crippen LogP contribution is -2.32. The summed E-state index contributed by atoms with van der Waals surface area (Å²) < 4.78 is 0. The van der Waals surface area contributed by atoms with Gasteiger partial charge in [-0.3, -0.25) is 14.7 Å².